The highest BCUT2D eigenvalue weighted by molar-refractivity contribution is 9.08. The summed E-state index contributed by atoms with van der Waals surface area (Å²) in [6, 6.07) is 13.3. The van der Waals surface area contributed by atoms with Crippen LogP contribution in [0.5, 0.6) is 0 Å². The first-order valence-electron chi connectivity index (χ1n) is 7.68. The van der Waals surface area contributed by atoms with E-state index in [9.17, 15) is 8.42 Å². The van der Waals surface area contributed by atoms with Crippen LogP contribution in [0.1, 0.15) is 25.3 Å². The molecular weight excluding hydrogens is 408 g/mol. The maximum absolute atomic E-state index is 12.1. The summed E-state index contributed by atoms with van der Waals surface area (Å²) >= 11 is 4.80. The molecule has 0 aliphatic heterocycles. The summed E-state index contributed by atoms with van der Waals surface area (Å²) in [4.78, 5) is 1.77. The second-order valence-corrected chi connectivity index (χ2v) is 8.52. The predicted octanol–water partition coefficient (Wildman–Crippen LogP) is 4.59. The molecule has 7 heteroatoms. The summed E-state index contributed by atoms with van der Waals surface area (Å²) in [5.74, 6) is 0. The van der Waals surface area contributed by atoms with Gasteiger partial charge in [-0.25, -0.2) is 13.6 Å². The van der Waals surface area contributed by atoms with Crippen LogP contribution in [-0.2, 0) is 15.4 Å². The van der Waals surface area contributed by atoms with Crippen molar-refractivity contribution in [1.82, 2.24) is 0 Å². The molecule has 24 heavy (non-hydrogen) atoms. The minimum absolute atomic E-state index is 0.160. The Kier molecular flexibility index (Phi) is 7.16. The van der Waals surface area contributed by atoms with Gasteiger partial charge < -0.3 is 5.32 Å². The quantitative estimate of drug-likeness (QED) is 0.476. The fourth-order valence-corrected chi connectivity index (χ4v) is 4.60. The Morgan fingerprint density at radius 3 is 2.50 bits per heavy atom. The molecule has 2 aromatic rings. The lowest BCUT2D eigenvalue weighted by atomic mass is 10.2. The van der Waals surface area contributed by atoms with Crippen molar-refractivity contribution in [3.8, 4) is 0 Å². The van der Waals surface area contributed by atoms with Gasteiger partial charge in [-0.15, -0.1) is 0 Å². The van der Waals surface area contributed by atoms with Gasteiger partial charge in [0, 0.05) is 22.5 Å². The number of hydrogen-bond acceptors (Lipinski definition) is 4. The number of primary sulfonamides is 1. The van der Waals surface area contributed by atoms with Crippen molar-refractivity contribution >= 4 is 43.4 Å². The number of hydrogen-bond donors (Lipinski definition) is 2. The number of benzene rings is 2. The molecule has 0 spiro atoms. The number of anilines is 1. The zero-order chi connectivity index (χ0) is 17.6. The van der Waals surface area contributed by atoms with Crippen LogP contribution in [0, 0.1) is 0 Å². The highest BCUT2D eigenvalue weighted by atomic mass is 79.9. The average Bonchev–Trinajstić information content (AvgIpc) is 2.56. The van der Waals surface area contributed by atoms with Crippen LogP contribution in [0.15, 0.2) is 57.2 Å². The third-order valence-electron chi connectivity index (χ3n) is 3.38. The van der Waals surface area contributed by atoms with Crippen LogP contribution in [0.3, 0.4) is 0 Å². The maximum atomic E-state index is 12.1. The number of nitrogens with two attached hydrogens (primary N) is 1. The smallest absolute Gasteiger partial charge is 0.239 e. The van der Waals surface area contributed by atoms with Crippen LogP contribution in [0.2, 0.25) is 0 Å². The summed E-state index contributed by atoms with van der Waals surface area (Å²) in [7, 11) is -3.82. The largest absolute Gasteiger partial charge is 0.384 e. The second kappa shape index (κ2) is 8.89. The minimum Gasteiger partial charge on any atom is -0.384 e. The van der Waals surface area contributed by atoms with Crippen LogP contribution in [-0.4, -0.2) is 15.0 Å². The van der Waals surface area contributed by atoms with E-state index in [4.69, 9.17) is 5.14 Å². The number of sulfonamides is 1. The minimum atomic E-state index is -3.82. The Morgan fingerprint density at radius 2 is 1.92 bits per heavy atom. The van der Waals surface area contributed by atoms with Gasteiger partial charge in [-0.1, -0.05) is 59.2 Å². The van der Waals surface area contributed by atoms with Crippen LogP contribution in [0.4, 0.5) is 5.69 Å². The molecule has 0 saturated carbocycles. The van der Waals surface area contributed by atoms with Crippen molar-refractivity contribution in [1.29, 1.82) is 0 Å². The van der Waals surface area contributed by atoms with Crippen molar-refractivity contribution in [2.75, 3.05) is 11.9 Å². The highest BCUT2D eigenvalue weighted by Crippen LogP contribution is 2.39. The van der Waals surface area contributed by atoms with Crippen molar-refractivity contribution in [2.45, 2.75) is 39.8 Å². The van der Waals surface area contributed by atoms with Crippen molar-refractivity contribution in [3.63, 3.8) is 0 Å². The number of alkyl halides is 1. The van der Waals surface area contributed by atoms with Crippen LogP contribution in [0.25, 0.3) is 0 Å². The number of nitrogens with one attached hydrogen (secondary N) is 1. The molecule has 0 aliphatic carbocycles. The molecule has 0 fully saturated rings. The van der Waals surface area contributed by atoms with Crippen LogP contribution >= 0.6 is 27.7 Å². The van der Waals surface area contributed by atoms with Gasteiger partial charge in [-0.2, -0.15) is 0 Å². The van der Waals surface area contributed by atoms with Crippen molar-refractivity contribution in [3.05, 3.63) is 48.0 Å². The summed E-state index contributed by atoms with van der Waals surface area (Å²) in [5, 5.41) is 9.40. The molecule has 3 N–H and O–H groups in total. The molecule has 0 aliphatic rings. The van der Waals surface area contributed by atoms with Gasteiger partial charge in [0.25, 0.3) is 0 Å². The molecule has 0 radical (unpaired) electrons. The SMILES string of the molecule is CCCCNc1cc(CBr)cc(S(N)(=O)=O)c1Sc1ccccc1. The first-order chi connectivity index (χ1) is 11.5. The molecule has 4 nitrogen and oxygen atoms in total. The standard InChI is InChI=1S/C17H21BrN2O2S2/c1-2-3-9-20-15-10-13(12-18)11-16(24(19,21)22)17(15)23-14-7-5-4-6-8-14/h4-8,10-11,20H,2-3,9,12H2,1H3,(H2,19,21,22). The van der Waals surface area contributed by atoms with Crippen LogP contribution < -0.4 is 10.5 Å². The fourth-order valence-electron chi connectivity index (χ4n) is 2.19. The summed E-state index contributed by atoms with van der Waals surface area (Å²) < 4.78 is 24.2. The van der Waals surface area contributed by atoms with E-state index in [2.05, 4.69) is 28.2 Å². The van der Waals surface area contributed by atoms with E-state index in [0.717, 1.165) is 35.5 Å². The number of halogens is 1. The van der Waals surface area contributed by atoms with E-state index >= 15 is 0 Å². The van der Waals surface area contributed by atoms with E-state index in [-0.39, 0.29) is 4.90 Å². The highest BCUT2D eigenvalue weighted by Gasteiger charge is 2.20. The second-order valence-electron chi connectivity index (χ2n) is 5.34. The van der Waals surface area contributed by atoms with Gasteiger partial charge in [0.1, 0.15) is 0 Å². The van der Waals surface area contributed by atoms with Gasteiger partial charge in [-0.05, 0) is 36.2 Å². The van der Waals surface area contributed by atoms with E-state index < -0.39 is 10.0 Å². The zero-order valence-electron chi connectivity index (χ0n) is 13.5. The molecule has 0 bridgehead atoms. The summed E-state index contributed by atoms with van der Waals surface area (Å²) in [6.45, 7) is 2.90. The van der Waals surface area contributed by atoms with Crippen molar-refractivity contribution in [2.24, 2.45) is 5.14 Å². The average molecular weight is 429 g/mol. The fraction of sp³-hybridized carbons (Fsp3) is 0.294. The molecule has 2 rings (SSSR count). The monoisotopic (exact) mass is 428 g/mol. The predicted molar refractivity (Wildman–Crippen MR) is 104 cm³/mol. The van der Waals surface area contributed by atoms with Gasteiger partial charge >= 0.3 is 0 Å². The molecule has 0 heterocycles. The van der Waals surface area contributed by atoms with Gasteiger partial charge in [0.05, 0.1) is 9.79 Å². The molecule has 130 valence electrons. The Morgan fingerprint density at radius 1 is 1.21 bits per heavy atom. The van der Waals surface area contributed by atoms with E-state index in [1.54, 1.807) is 6.07 Å². The third kappa shape index (κ3) is 5.24. The summed E-state index contributed by atoms with van der Waals surface area (Å²) in [5.41, 5.74) is 1.67. The molecule has 0 saturated heterocycles. The molecule has 2 aromatic carbocycles. The van der Waals surface area contributed by atoms with Gasteiger partial charge in [0.15, 0.2) is 0 Å². The lowest BCUT2D eigenvalue weighted by Gasteiger charge is -2.16. The van der Waals surface area contributed by atoms with E-state index in [1.807, 2.05) is 36.4 Å². The number of unbranched alkanes of at least 4 members (excludes halogenated alkanes) is 1. The molecule has 0 aromatic heterocycles. The molecule has 0 unspecified atom stereocenters. The lowest BCUT2D eigenvalue weighted by Crippen LogP contribution is -2.15. The molecular formula is C17H21BrN2O2S2. The number of rotatable bonds is 8. The first-order valence-corrected chi connectivity index (χ1v) is 11.2. The molecule has 0 amide bonds. The van der Waals surface area contributed by atoms with E-state index in [0.29, 0.717) is 10.2 Å². The Balaban J connectivity index is 2.53. The normalized spacial score (nSPS) is 11.5. The Labute approximate surface area is 156 Å². The van der Waals surface area contributed by atoms with E-state index in [1.165, 1.54) is 11.8 Å². The maximum Gasteiger partial charge on any atom is 0.239 e. The van der Waals surface area contributed by atoms with Gasteiger partial charge in [0.2, 0.25) is 10.0 Å². The topological polar surface area (TPSA) is 72.2 Å². The summed E-state index contributed by atoms with van der Waals surface area (Å²) in [6.07, 6.45) is 2.08. The Bertz CT molecular complexity index is 781. The third-order valence-corrected chi connectivity index (χ3v) is 6.25. The first kappa shape index (κ1) is 19.3. The zero-order valence-corrected chi connectivity index (χ0v) is 16.7. The van der Waals surface area contributed by atoms with Crippen molar-refractivity contribution < 1.29 is 8.42 Å². The van der Waals surface area contributed by atoms with Gasteiger partial charge in [-0.3, -0.25) is 0 Å². The molecule has 0 atom stereocenters. The lowest BCUT2D eigenvalue weighted by molar-refractivity contribution is 0.595. The Hall–Kier alpha value is -1.02.